The fraction of sp³-hybridized carbons (Fsp3) is 0.444. The summed E-state index contributed by atoms with van der Waals surface area (Å²) in [4.78, 5) is 0. The summed E-state index contributed by atoms with van der Waals surface area (Å²) in [5.74, 6) is 0.262. The van der Waals surface area contributed by atoms with Crippen molar-refractivity contribution in [2.45, 2.75) is 20.1 Å². The Morgan fingerprint density at radius 1 is 1.58 bits per heavy atom. The van der Waals surface area contributed by atoms with E-state index in [0.717, 1.165) is 13.0 Å². The van der Waals surface area contributed by atoms with Crippen LogP contribution in [0.15, 0.2) is 24.5 Å². The molecule has 1 aromatic rings. The monoisotopic (exact) mass is 168 g/mol. The van der Waals surface area contributed by atoms with Gasteiger partial charge in [0.05, 0.1) is 6.61 Å². The molecule has 0 spiro atoms. The van der Waals surface area contributed by atoms with Crippen LogP contribution in [0.1, 0.15) is 13.3 Å². The lowest BCUT2D eigenvalue weighted by atomic mass is 10.4. The van der Waals surface area contributed by atoms with Gasteiger partial charge in [-0.3, -0.25) is 0 Å². The molecule has 0 aliphatic heterocycles. The molecule has 0 aliphatic rings. The van der Waals surface area contributed by atoms with Crippen LogP contribution in [-0.4, -0.2) is 11.7 Å². The van der Waals surface area contributed by atoms with E-state index in [1.54, 1.807) is 22.9 Å². The Morgan fingerprint density at radius 3 is 3.08 bits per heavy atom. The third-order valence-corrected chi connectivity index (χ3v) is 1.43. The van der Waals surface area contributed by atoms with Crippen LogP contribution >= 0.6 is 0 Å². The van der Waals surface area contributed by atoms with E-state index >= 15 is 0 Å². The fourth-order valence-corrected chi connectivity index (χ4v) is 0.903. The summed E-state index contributed by atoms with van der Waals surface area (Å²) in [5.41, 5.74) is 0. The summed E-state index contributed by atoms with van der Waals surface area (Å²) in [6.07, 6.45) is 4.50. The minimum absolute atomic E-state index is 0.262. The summed E-state index contributed by atoms with van der Waals surface area (Å²) in [6, 6.07) is 3.42. The molecule has 1 aromatic heterocycles. The summed E-state index contributed by atoms with van der Waals surface area (Å²) >= 11 is 0. The lowest BCUT2D eigenvalue weighted by Gasteiger charge is -1.97. The van der Waals surface area contributed by atoms with Crippen LogP contribution in [0, 0.1) is 0 Å². The van der Waals surface area contributed by atoms with Crippen molar-refractivity contribution in [3.05, 3.63) is 24.5 Å². The molecule has 3 nitrogen and oxygen atoms in total. The van der Waals surface area contributed by atoms with Gasteiger partial charge in [-0.2, -0.15) is 4.57 Å². The van der Waals surface area contributed by atoms with Crippen molar-refractivity contribution in [2.24, 2.45) is 0 Å². The van der Waals surface area contributed by atoms with Crippen molar-refractivity contribution >= 4 is 0 Å². The van der Waals surface area contributed by atoms with Gasteiger partial charge in [0, 0.05) is 6.07 Å². The second-order valence-electron chi connectivity index (χ2n) is 2.61. The van der Waals surface area contributed by atoms with E-state index in [-0.39, 0.29) is 5.75 Å². The maximum absolute atomic E-state index is 9.09. The molecule has 3 heteroatoms. The SMILES string of the molecule is CCCOC[n+]1cccc(O)c1. The van der Waals surface area contributed by atoms with Crippen LogP contribution in [0.25, 0.3) is 0 Å². The topological polar surface area (TPSA) is 33.3 Å². The Hall–Kier alpha value is -1.09. The normalized spacial score (nSPS) is 10.1. The highest BCUT2D eigenvalue weighted by Crippen LogP contribution is 1.99. The minimum atomic E-state index is 0.262. The lowest BCUT2D eigenvalue weighted by molar-refractivity contribution is -0.733. The molecule has 0 aromatic carbocycles. The Kier molecular flexibility index (Phi) is 3.54. The zero-order valence-electron chi connectivity index (χ0n) is 7.23. The Balaban J connectivity index is 2.41. The average Bonchev–Trinajstić information content (AvgIpc) is 2.05. The second-order valence-corrected chi connectivity index (χ2v) is 2.61. The zero-order valence-corrected chi connectivity index (χ0v) is 7.23. The molecule has 0 fully saturated rings. The van der Waals surface area contributed by atoms with E-state index in [2.05, 4.69) is 6.92 Å². The van der Waals surface area contributed by atoms with Crippen molar-refractivity contribution in [1.29, 1.82) is 0 Å². The van der Waals surface area contributed by atoms with Crippen LogP contribution in [0.4, 0.5) is 0 Å². The number of hydrogen-bond acceptors (Lipinski definition) is 2. The molecule has 0 atom stereocenters. The van der Waals surface area contributed by atoms with E-state index in [0.29, 0.717) is 6.73 Å². The van der Waals surface area contributed by atoms with Crippen molar-refractivity contribution in [1.82, 2.24) is 0 Å². The predicted octanol–water partition coefficient (Wildman–Crippen LogP) is 1.06. The molecule has 0 saturated heterocycles. The van der Waals surface area contributed by atoms with Crippen molar-refractivity contribution in [3.8, 4) is 5.75 Å². The number of aromatic nitrogens is 1. The minimum Gasteiger partial charge on any atom is -0.503 e. The second kappa shape index (κ2) is 4.72. The number of nitrogens with zero attached hydrogens (tertiary/aromatic N) is 1. The third-order valence-electron chi connectivity index (χ3n) is 1.43. The van der Waals surface area contributed by atoms with Gasteiger partial charge >= 0.3 is 0 Å². The van der Waals surface area contributed by atoms with E-state index in [9.17, 15) is 0 Å². The van der Waals surface area contributed by atoms with Crippen molar-refractivity contribution in [3.63, 3.8) is 0 Å². The molecule has 0 radical (unpaired) electrons. The molecule has 0 saturated carbocycles. The number of pyridine rings is 1. The van der Waals surface area contributed by atoms with E-state index in [1.807, 2.05) is 6.20 Å². The van der Waals surface area contributed by atoms with Gasteiger partial charge in [-0.15, -0.1) is 0 Å². The maximum atomic E-state index is 9.09. The van der Waals surface area contributed by atoms with Crippen molar-refractivity contribution < 1.29 is 14.4 Å². The molecule has 66 valence electrons. The zero-order chi connectivity index (χ0) is 8.81. The first-order chi connectivity index (χ1) is 5.83. The van der Waals surface area contributed by atoms with Crippen molar-refractivity contribution in [2.75, 3.05) is 6.61 Å². The van der Waals surface area contributed by atoms with E-state index < -0.39 is 0 Å². The quantitative estimate of drug-likeness (QED) is 0.538. The molecule has 12 heavy (non-hydrogen) atoms. The van der Waals surface area contributed by atoms with Crippen LogP contribution in [0.3, 0.4) is 0 Å². The van der Waals surface area contributed by atoms with Gasteiger partial charge in [0.1, 0.15) is 0 Å². The summed E-state index contributed by atoms with van der Waals surface area (Å²) in [7, 11) is 0. The predicted molar refractivity (Wildman–Crippen MR) is 44.5 cm³/mol. The van der Waals surface area contributed by atoms with Gasteiger partial charge in [0.15, 0.2) is 11.9 Å². The molecule has 0 bridgehead atoms. The molecular weight excluding hydrogens is 154 g/mol. The number of aromatic hydroxyl groups is 1. The molecule has 1 heterocycles. The van der Waals surface area contributed by atoms with Gasteiger partial charge in [-0.05, 0) is 12.5 Å². The molecule has 0 unspecified atom stereocenters. The van der Waals surface area contributed by atoms with Crippen LogP contribution in [0.2, 0.25) is 0 Å². The van der Waals surface area contributed by atoms with Crippen LogP contribution in [0.5, 0.6) is 5.75 Å². The van der Waals surface area contributed by atoms with Gasteiger partial charge in [-0.25, -0.2) is 0 Å². The summed E-state index contributed by atoms with van der Waals surface area (Å²) in [5, 5.41) is 9.09. The average molecular weight is 168 g/mol. The molecule has 0 aliphatic carbocycles. The van der Waals surface area contributed by atoms with Gasteiger partial charge < -0.3 is 9.84 Å². The highest BCUT2D eigenvalue weighted by molar-refractivity contribution is 5.09. The molecule has 1 N–H and O–H groups in total. The standard InChI is InChI=1S/C9H13NO2/c1-2-6-12-8-10-5-3-4-9(11)7-10/h3-5,7H,2,6,8H2,1H3/p+1. The van der Waals surface area contributed by atoms with Crippen LogP contribution in [-0.2, 0) is 11.5 Å². The molecule has 0 amide bonds. The maximum Gasteiger partial charge on any atom is 0.252 e. The number of ether oxygens (including phenoxy) is 1. The Labute approximate surface area is 72.2 Å². The number of rotatable bonds is 4. The first-order valence-electron chi connectivity index (χ1n) is 4.08. The van der Waals surface area contributed by atoms with E-state index in [1.165, 1.54) is 0 Å². The molecule has 1 rings (SSSR count). The highest BCUT2D eigenvalue weighted by atomic mass is 16.5. The molecular formula is C9H14NO2+. The first kappa shape index (κ1) is 9.00. The number of hydrogen-bond donors (Lipinski definition) is 1. The van der Waals surface area contributed by atoms with Crippen LogP contribution < -0.4 is 4.57 Å². The fourth-order valence-electron chi connectivity index (χ4n) is 0.903. The first-order valence-corrected chi connectivity index (χ1v) is 4.08. The third kappa shape index (κ3) is 2.88. The van der Waals surface area contributed by atoms with Gasteiger partial charge in [0.2, 0.25) is 6.20 Å². The Morgan fingerprint density at radius 2 is 2.42 bits per heavy atom. The highest BCUT2D eigenvalue weighted by Gasteiger charge is 1.99. The largest absolute Gasteiger partial charge is 0.503 e. The summed E-state index contributed by atoms with van der Waals surface area (Å²) in [6.45, 7) is 3.32. The summed E-state index contributed by atoms with van der Waals surface area (Å²) < 4.78 is 7.07. The Bertz CT molecular complexity index is 238. The van der Waals surface area contributed by atoms with E-state index in [4.69, 9.17) is 9.84 Å². The van der Waals surface area contributed by atoms with Gasteiger partial charge in [-0.1, -0.05) is 6.92 Å². The smallest absolute Gasteiger partial charge is 0.252 e. The lowest BCUT2D eigenvalue weighted by Crippen LogP contribution is -2.33. The van der Waals surface area contributed by atoms with Gasteiger partial charge in [0.25, 0.3) is 6.73 Å².